The number of likely N-dealkylation sites (tertiary alicyclic amines) is 1. The SMILES string of the molecule is O=C1CC(Br)CN1Cc1ccc(C(F)(F)F)cn1. The van der Waals surface area contributed by atoms with Crippen molar-refractivity contribution in [3.63, 3.8) is 0 Å². The van der Waals surface area contributed by atoms with Crippen LogP contribution in [0.25, 0.3) is 0 Å². The molecule has 1 aliphatic heterocycles. The van der Waals surface area contributed by atoms with E-state index in [2.05, 4.69) is 20.9 Å². The van der Waals surface area contributed by atoms with Crippen molar-refractivity contribution in [3.05, 3.63) is 29.6 Å². The van der Waals surface area contributed by atoms with Gasteiger partial charge in [-0.25, -0.2) is 0 Å². The fraction of sp³-hybridized carbons (Fsp3) is 0.455. The number of rotatable bonds is 2. The van der Waals surface area contributed by atoms with Gasteiger partial charge in [-0.15, -0.1) is 0 Å². The molecule has 1 aromatic heterocycles. The number of alkyl halides is 4. The fourth-order valence-corrected chi connectivity index (χ4v) is 2.38. The molecule has 1 amide bonds. The van der Waals surface area contributed by atoms with E-state index < -0.39 is 11.7 Å². The molecule has 0 spiro atoms. The Kier molecular flexibility index (Phi) is 3.61. The van der Waals surface area contributed by atoms with Crippen LogP contribution in [-0.4, -0.2) is 27.2 Å². The van der Waals surface area contributed by atoms with Crippen molar-refractivity contribution in [1.29, 1.82) is 0 Å². The number of nitrogens with zero attached hydrogens (tertiary/aromatic N) is 2. The van der Waals surface area contributed by atoms with Gasteiger partial charge < -0.3 is 4.90 Å². The lowest BCUT2D eigenvalue weighted by Gasteiger charge is -2.15. The lowest BCUT2D eigenvalue weighted by atomic mass is 10.2. The summed E-state index contributed by atoms with van der Waals surface area (Å²) in [4.78, 5) is 16.9. The molecule has 1 aromatic rings. The Morgan fingerprint density at radius 3 is 2.61 bits per heavy atom. The molecule has 2 heterocycles. The van der Waals surface area contributed by atoms with E-state index in [0.29, 0.717) is 18.7 Å². The van der Waals surface area contributed by atoms with Gasteiger partial charge in [-0.2, -0.15) is 13.2 Å². The quantitative estimate of drug-likeness (QED) is 0.784. The maximum Gasteiger partial charge on any atom is 0.417 e. The lowest BCUT2D eigenvalue weighted by molar-refractivity contribution is -0.138. The Morgan fingerprint density at radius 1 is 1.44 bits per heavy atom. The third-order valence-electron chi connectivity index (χ3n) is 2.67. The molecule has 0 N–H and O–H groups in total. The molecular formula is C11H10BrF3N2O. The van der Waals surface area contributed by atoms with Crippen LogP contribution in [0.5, 0.6) is 0 Å². The van der Waals surface area contributed by atoms with Gasteiger partial charge in [-0.1, -0.05) is 15.9 Å². The fourth-order valence-electron chi connectivity index (χ4n) is 1.76. The van der Waals surface area contributed by atoms with Crippen LogP contribution < -0.4 is 0 Å². The predicted octanol–water partition coefficient (Wildman–Crippen LogP) is 2.60. The molecule has 0 aliphatic carbocycles. The maximum absolute atomic E-state index is 12.3. The summed E-state index contributed by atoms with van der Waals surface area (Å²) in [5.41, 5.74) is -0.324. The molecule has 1 atom stereocenters. The molecule has 18 heavy (non-hydrogen) atoms. The topological polar surface area (TPSA) is 33.2 Å². The van der Waals surface area contributed by atoms with Crippen molar-refractivity contribution in [2.24, 2.45) is 0 Å². The van der Waals surface area contributed by atoms with E-state index in [1.165, 1.54) is 6.07 Å². The van der Waals surface area contributed by atoms with E-state index >= 15 is 0 Å². The summed E-state index contributed by atoms with van der Waals surface area (Å²) in [5.74, 6) is -0.0152. The zero-order valence-electron chi connectivity index (χ0n) is 9.25. The third kappa shape index (κ3) is 3.01. The number of carbonyl (C=O) groups is 1. The van der Waals surface area contributed by atoms with E-state index in [0.717, 1.165) is 12.3 Å². The molecule has 0 bridgehead atoms. The normalized spacial score (nSPS) is 20.6. The van der Waals surface area contributed by atoms with Crippen LogP contribution in [0.1, 0.15) is 17.7 Å². The van der Waals surface area contributed by atoms with Gasteiger partial charge in [0, 0.05) is 24.0 Å². The Balaban J connectivity index is 2.05. The summed E-state index contributed by atoms with van der Waals surface area (Å²) in [5, 5.41) is 0. The van der Waals surface area contributed by atoms with Gasteiger partial charge in [0.15, 0.2) is 0 Å². The highest BCUT2D eigenvalue weighted by atomic mass is 79.9. The van der Waals surface area contributed by atoms with Crippen molar-refractivity contribution < 1.29 is 18.0 Å². The van der Waals surface area contributed by atoms with Crippen molar-refractivity contribution in [2.45, 2.75) is 24.0 Å². The van der Waals surface area contributed by atoms with E-state index in [-0.39, 0.29) is 17.3 Å². The molecule has 1 fully saturated rings. The Morgan fingerprint density at radius 2 is 2.17 bits per heavy atom. The van der Waals surface area contributed by atoms with Crippen molar-refractivity contribution >= 4 is 21.8 Å². The minimum absolute atomic E-state index is 0.0152. The van der Waals surface area contributed by atoms with Crippen LogP contribution in [-0.2, 0) is 17.5 Å². The van der Waals surface area contributed by atoms with Crippen molar-refractivity contribution in [2.75, 3.05) is 6.54 Å². The molecule has 1 unspecified atom stereocenters. The number of carbonyl (C=O) groups excluding carboxylic acids is 1. The molecule has 0 radical (unpaired) electrons. The minimum Gasteiger partial charge on any atom is -0.336 e. The Labute approximate surface area is 110 Å². The summed E-state index contributed by atoms with van der Waals surface area (Å²) in [7, 11) is 0. The molecule has 0 aromatic carbocycles. The van der Waals surface area contributed by atoms with Crippen LogP contribution in [0.2, 0.25) is 0 Å². The molecule has 98 valence electrons. The Hall–Kier alpha value is -1.11. The number of aromatic nitrogens is 1. The van der Waals surface area contributed by atoms with Crippen LogP contribution in [0.3, 0.4) is 0 Å². The Bertz CT molecular complexity index is 447. The van der Waals surface area contributed by atoms with Crippen LogP contribution in [0.4, 0.5) is 13.2 Å². The van der Waals surface area contributed by atoms with Crippen LogP contribution >= 0.6 is 15.9 Å². The second-order valence-electron chi connectivity index (χ2n) is 4.11. The summed E-state index contributed by atoms with van der Waals surface area (Å²) < 4.78 is 37.0. The average Bonchev–Trinajstić information content (AvgIpc) is 2.57. The van der Waals surface area contributed by atoms with Crippen LogP contribution in [0.15, 0.2) is 18.3 Å². The second-order valence-corrected chi connectivity index (χ2v) is 5.41. The zero-order chi connectivity index (χ0) is 13.3. The van der Waals surface area contributed by atoms with Gasteiger partial charge in [0.05, 0.1) is 17.8 Å². The summed E-state index contributed by atoms with van der Waals surface area (Å²) in [6.07, 6.45) is -3.17. The third-order valence-corrected chi connectivity index (χ3v) is 3.29. The first-order chi connectivity index (χ1) is 8.36. The van der Waals surface area contributed by atoms with Crippen molar-refractivity contribution in [1.82, 2.24) is 9.88 Å². The maximum atomic E-state index is 12.3. The first-order valence-corrected chi connectivity index (χ1v) is 6.22. The molecule has 7 heteroatoms. The molecule has 1 aliphatic rings. The van der Waals surface area contributed by atoms with E-state index in [1.807, 2.05) is 0 Å². The molecule has 3 nitrogen and oxygen atoms in total. The number of hydrogen-bond acceptors (Lipinski definition) is 2. The highest BCUT2D eigenvalue weighted by Gasteiger charge is 2.31. The highest BCUT2D eigenvalue weighted by Crippen LogP contribution is 2.28. The molecule has 1 saturated heterocycles. The molecule has 0 saturated carbocycles. The lowest BCUT2D eigenvalue weighted by Crippen LogP contribution is -2.25. The molecule has 2 rings (SSSR count). The van der Waals surface area contributed by atoms with Gasteiger partial charge in [-0.3, -0.25) is 9.78 Å². The monoisotopic (exact) mass is 322 g/mol. The van der Waals surface area contributed by atoms with E-state index in [4.69, 9.17) is 0 Å². The standard InChI is InChI=1S/C11H10BrF3N2O/c12-8-3-10(18)17(5-8)6-9-2-1-7(4-16-9)11(13,14)15/h1-2,4,8H,3,5-6H2. The van der Waals surface area contributed by atoms with Gasteiger partial charge in [0.2, 0.25) is 5.91 Å². The van der Waals surface area contributed by atoms with Crippen molar-refractivity contribution in [3.8, 4) is 0 Å². The van der Waals surface area contributed by atoms with Crippen LogP contribution in [0, 0.1) is 0 Å². The summed E-state index contributed by atoms with van der Waals surface area (Å²) >= 11 is 3.34. The number of amides is 1. The minimum atomic E-state index is -4.38. The number of halogens is 4. The number of hydrogen-bond donors (Lipinski definition) is 0. The summed E-state index contributed by atoms with van der Waals surface area (Å²) in [6, 6.07) is 2.28. The van der Waals surface area contributed by atoms with E-state index in [9.17, 15) is 18.0 Å². The second kappa shape index (κ2) is 4.87. The van der Waals surface area contributed by atoms with Gasteiger partial charge in [-0.05, 0) is 12.1 Å². The zero-order valence-corrected chi connectivity index (χ0v) is 10.8. The first-order valence-electron chi connectivity index (χ1n) is 5.30. The summed E-state index contributed by atoms with van der Waals surface area (Å²) in [6.45, 7) is 0.806. The highest BCUT2D eigenvalue weighted by molar-refractivity contribution is 9.09. The van der Waals surface area contributed by atoms with Gasteiger partial charge in [0.1, 0.15) is 0 Å². The molecular weight excluding hydrogens is 313 g/mol. The predicted molar refractivity (Wildman–Crippen MR) is 62.0 cm³/mol. The smallest absolute Gasteiger partial charge is 0.336 e. The number of pyridine rings is 1. The first kappa shape index (κ1) is 13.3. The average molecular weight is 323 g/mol. The van der Waals surface area contributed by atoms with E-state index in [1.54, 1.807) is 4.90 Å². The largest absolute Gasteiger partial charge is 0.417 e. The van der Waals surface area contributed by atoms with Gasteiger partial charge >= 0.3 is 6.18 Å². The van der Waals surface area contributed by atoms with Gasteiger partial charge in [0.25, 0.3) is 0 Å².